The highest BCUT2D eigenvalue weighted by Gasteiger charge is 2.18. The lowest BCUT2D eigenvalue weighted by molar-refractivity contribution is 0.0956. The van der Waals surface area contributed by atoms with E-state index in [2.05, 4.69) is 5.32 Å². The second-order valence-electron chi connectivity index (χ2n) is 6.15. The van der Waals surface area contributed by atoms with Crippen molar-refractivity contribution >= 4 is 16.8 Å². The molecule has 0 aliphatic rings. The molecule has 0 aliphatic heterocycles. The van der Waals surface area contributed by atoms with Gasteiger partial charge >= 0.3 is 0 Å². The van der Waals surface area contributed by atoms with Crippen LogP contribution in [0.15, 0.2) is 42.5 Å². The van der Waals surface area contributed by atoms with Crippen molar-refractivity contribution < 1.29 is 19.0 Å². The smallest absolute Gasteiger partial charge is 0.252 e. The third kappa shape index (κ3) is 4.06. The van der Waals surface area contributed by atoms with E-state index in [4.69, 9.17) is 24.5 Å². The van der Waals surface area contributed by atoms with Crippen molar-refractivity contribution in [3.05, 3.63) is 48.0 Å². The monoisotopic (exact) mass is 391 g/mol. The normalized spacial score (nSPS) is 10.3. The van der Waals surface area contributed by atoms with Crippen LogP contribution >= 0.6 is 0 Å². The molecule has 0 aliphatic carbocycles. The van der Waals surface area contributed by atoms with Gasteiger partial charge in [0.2, 0.25) is 5.75 Å². The lowest BCUT2D eigenvalue weighted by Crippen LogP contribution is -2.24. The van der Waals surface area contributed by atoms with Crippen molar-refractivity contribution in [2.75, 3.05) is 27.9 Å². The van der Waals surface area contributed by atoms with Crippen molar-refractivity contribution in [2.45, 2.75) is 6.42 Å². The van der Waals surface area contributed by atoms with Crippen LogP contribution in [0.2, 0.25) is 0 Å². The van der Waals surface area contributed by atoms with Crippen molar-refractivity contribution in [1.82, 2.24) is 10.3 Å². The SMILES string of the molecule is COc1cc(-c2cc(C(=O)NCCC#N)c3ccccc3n2)cc(OC)c1OC. The Morgan fingerprint density at radius 2 is 1.76 bits per heavy atom. The number of nitriles is 1. The summed E-state index contributed by atoms with van der Waals surface area (Å²) in [4.78, 5) is 17.5. The number of aromatic nitrogens is 1. The minimum absolute atomic E-state index is 0.245. The molecule has 0 saturated carbocycles. The average Bonchev–Trinajstić information content (AvgIpc) is 2.77. The van der Waals surface area contributed by atoms with Gasteiger partial charge < -0.3 is 19.5 Å². The summed E-state index contributed by atoms with van der Waals surface area (Å²) in [6.07, 6.45) is 0.245. The molecule has 1 amide bonds. The first-order valence-electron chi connectivity index (χ1n) is 8.98. The van der Waals surface area contributed by atoms with Crippen LogP contribution in [0.1, 0.15) is 16.8 Å². The number of nitrogens with zero attached hydrogens (tertiary/aromatic N) is 2. The number of para-hydroxylation sites is 1. The summed E-state index contributed by atoms with van der Waals surface area (Å²) in [5.41, 5.74) is 2.48. The largest absolute Gasteiger partial charge is 0.493 e. The summed E-state index contributed by atoms with van der Waals surface area (Å²) in [6.45, 7) is 0.283. The van der Waals surface area contributed by atoms with E-state index in [1.165, 1.54) is 7.11 Å². The summed E-state index contributed by atoms with van der Waals surface area (Å²) in [5, 5.41) is 12.2. The first-order valence-corrected chi connectivity index (χ1v) is 8.98. The molecule has 0 bridgehead atoms. The van der Waals surface area contributed by atoms with E-state index in [0.717, 1.165) is 10.9 Å². The van der Waals surface area contributed by atoms with E-state index in [1.807, 2.05) is 30.3 Å². The summed E-state index contributed by atoms with van der Waals surface area (Å²) >= 11 is 0. The molecule has 0 saturated heterocycles. The molecule has 7 nitrogen and oxygen atoms in total. The van der Waals surface area contributed by atoms with Crippen LogP contribution in [0.25, 0.3) is 22.2 Å². The first kappa shape index (κ1) is 20.0. The fraction of sp³-hybridized carbons (Fsp3) is 0.227. The van der Waals surface area contributed by atoms with Crippen molar-refractivity contribution in [1.29, 1.82) is 5.26 Å². The number of methoxy groups -OCH3 is 3. The molecule has 0 fully saturated rings. The molecule has 0 spiro atoms. The Hall–Kier alpha value is -3.79. The number of benzene rings is 2. The third-order valence-corrected chi connectivity index (χ3v) is 4.44. The molecule has 148 valence electrons. The number of pyridine rings is 1. The maximum Gasteiger partial charge on any atom is 0.252 e. The van der Waals surface area contributed by atoms with Crippen LogP contribution in [-0.2, 0) is 0 Å². The topological polar surface area (TPSA) is 93.5 Å². The van der Waals surface area contributed by atoms with Crippen LogP contribution in [0, 0.1) is 11.3 Å². The highest BCUT2D eigenvalue weighted by molar-refractivity contribution is 6.07. The summed E-state index contributed by atoms with van der Waals surface area (Å²) in [7, 11) is 4.63. The van der Waals surface area contributed by atoms with Crippen LogP contribution in [0.3, 0.4) is 0 Å². The van der Waals surface area contributed by atoms with Gasteiger partial charge in [0.15, 0.2) is 11.5 Å². The Morgan fingerprint density at radius 3 is 2.38 bits per heavy atom. The van der Waals surface area contributed by atoms with E-state index >= 15 is 0 Å². The van der Waals surface area contributed by atoms with Gasteiger partial charge in [-0.2, -0.15) is 5.26 Å². The predicted molar refractivity (Wildman–Crippen MR) is 109 cm³/mol. The van der Waals surface area contributed by atoms with E-state index in [9.17, 15) is 4.79 Å². The van der Waals surface area contributed by atoms with Crippen LogP contribution in [0.5, 0.6) is 17.2 Å². The lowest BCUT2D eigenvalue weighted by Gasteiger charge is -2.15. The minimum Gasteiger partial charge on any atom is -0.493 e. The van der Waals surface area contributed by atoms with Gasteiger partial charge in [-0.25, -0.2) is 4.98 Å². The highest BCUT2D eigenvalue weighted by atomic mass is 16.5. The molecule has 7 heteroatoms. The number of carbonyl (C=O) groups excluding carboxylic acids is 1. The van der Waals surface area contributed by atoms with Crippen molar-refractivity contribution in [2.24, 2.45) is 0 Å². The zero-order valence-electron chi connectivity index (χ0n) is 16.5. The Morgan fingerprint density at radius 1 is 1.07 bits per heavy atom. The predicted octanol–water partition coefficient (Wildman–Crippen LogP) is 3.57. The van der Waals surface area contributed by atoms with Gasteiger partial charge in [0, 0.05) is 17.5 Å². The maximum absolute atomic E-state index is 12.7. The van der Waals surface area contributed by atoms with Gasteiger partial charge in [-0.1, -0.05) is 18.2 Å². The molecule has 3 aromatic rings. The average molecular weight is 391 g/mol. The summed E-state index contributed by atoms with van der Waals surface area (Å²) in [5.74, 6) is 1.22. The maximum atomic E-state index is 12.7. The fourth-order valence-electron chi connectivity index (χ4n) is 3.07. The molecule has 0 unspecified atom stereocenters. The number of fused-ring (bicyclic) bond motifs is 1. The first-order chi connectivity index (χ1) is 14.1. The molecule has 29 heavy (non-hydrogen) atoms. The number of hydrogen-bond acceptors (Lipinski definition) is 6. The zero-order chi connectivity index (χ0) is 20.8. The van der Waals surface area contributed by atoms with Gasteiger partial charge in [0.25, 0.3) is 5.91 Å². The van der Waals surface area contributed by atoms with Crippen LogP contribution in [-0.4, -0.2) is 38.8 Å². The van der Waals surface area contributed by atoms with Gasteiger partial charge in [0.05, 0.1) is 50.6 Å². The summed E-state index contributed by atoms with van der Waals surface area (Å²) in [6, 6.07) is 14.7. The van der Waals surface area contributed by atoms with Gasteiger partial charge in [0.1, 0.15) is 0 Å². The van der Waals surface area contributed by atoms with E-state index in [0.29, 0.717) is 34.0 Å². The van der Waals surface area contributed by atoms with Crippen molar-refractivity contribution in [3.8, 4) is 34.6 Å². The molecule has 1 aromatic heterocycles. The van der Waals surface area contributed by atoms with E-state index in [-0.39, 0.29) is 18.9 Å². The second kappa shape index (κ2) is 8.93. The molecule has 2 aromatic carbocycles. The molecule has 0 atom stereocenters. The standard InChI is InChI=1S/C22H21N3O4/c1-27-19-11-14(12-20(28-2)21(19)29-3)18-13-16(22(26)24-10-6-9-23)15-7-4-5-8-17(15)25-18/h4-5,7-8,11-13H,6,10H2,1-3H3,(H,24,26). The zero-order valence-corrected chi connectivity index (χ0v) is 16.5. The van der Waals surface area contributed by atoms with E-state index < -0.39 is 0 Å². The molecular formula is C22H21N3O4. The fourth-order valence-corrected chi connectivity index (χ4v) is 3.07. The Balaban J connectivity index is 2.16. The van der Waals surface area contributed by atoms with Crippen LogP contribution < -0.4 is 19.5 Å². The third-order valence-electron chi connectivity index (χ3n) is 4.44. The Kier molecular flexibility index (Phi) is 6.15. The minimum atomic E-state index is -0.257. The number of nitrogens with one attached hydrogen (secondary N) is 1. The molecule has 0 radical (unpaired) electrons. The molecular weight excluding hydrogens is 370 g/mol. The van der Waals surface area contributed by atoms with Gasteiger partial charge in [-0.15, -0.1) is 0 Å². The van der Waals surface area contributed by atoms with Crippen molar-refractivity contribution in [3.63, 3.8) is 0 Å². The second-order valence-corrected chi connectivity index (χ2v) is 6.15. The van der Waals surface area contributed by atoms with Gasteiger partial charge in [-0.05, 0) is 24.3 Å². The Labute approximate surface area is 168 Å². The lowest BCUT2D eigenvalue weighted by atomic mass is 10.0. The number of rotatable bonds is 7. The quantitative estimate of drug-likeness (QED) is 0.619. The Bertz CT molecular complexity index is 1060. The molecule has 3 rings (SSSR count). The number of hydrogen-bond donors (Lipinski definition) is 1. The van der Waals surface area contributed by atoms with Crippen LogP contribution in [0.4, 0.5) is 0 Å². The number of amides is 1. The molecule has 1 heterocycles. The molecule has 1 N–H and O–H groups in total. The van der Waals surface area contributed by atoms with E-state index in [1.54, 1.807) is 32.4 Å². The summed E-state index contributed by atoms with van der Waals surface area (Å²) < 4.78 is 16.2. The number of ether oxygens (including phenoxy) is 3. The van der Waals surface area contributed by atoms with Gasteiger partial charge in [-0.3, -0.25) is 4.79 Å². The number of carbonyl (C=O) groups is 1. The highest BCUT2D eigenvalue weighted by Crippen LogP contribution is 2.41.